The molecule has 0 bridgehead atoms. The summed E-state index contributed by atoms with van der Waals surface area (Å²) in [4.78, 5) is 16.6. The van der Waals surface area contributed by atoms with Gasteiger partial charge in [-0.3, -0.25) is 9.79 Å². The average Bonchev–Trinajstić information content (AvgIpc) is 2.00. The topological polar surface area (TPSA) is 32.7 Å². The van der Waals surface area contributed by atoms with Crippen LogP contribution in [0, 0.1) is 0 Å². The molecule has 0 saturated carbocycles. The first kappa shape index (κ1) is 13.2. The van der Waals surface area contributed by atoms with E-state index < -0.39 is 0 Å². The molecule has 1 amide bonds. The van der Waals surface area contributed by atoms with E-state index in [0.717, 1.165) is 5.70 Å². The summed E-state index contributed by atoms with van der Waals surface area (Å²) in [6.07, 6.45) is 1.68. The van der Waals surface area contributed by atoms with Crippen LogP contribution < -0.4 is 0 Å². The summed E-state index contributed by atoms with van der Waals surface area (Å²) in [5.74, 6) is -0.0206. The van der Waals surface area contributed by atoms with E-state index in [2.05, 4.69) is 4.99 Å². The number of hydrogen-bond acceptors (Lipinski definition) is 2. The van der Waals surface area contributed by atoms with Crippen LogP contribution in [0.15, 0.2) is 16.8 Å². The van der Waals surface area contributed by atoms with Gasteiger partial charge in [0.25, 0.3) is 0 Å². The molecule has 80 valence electrons. The lowest BCUT2D eigenvalue weighted by molar-refractivity contribution is -0.125. The van der Waals surface area contributed by atoms with Crippen LogP contribution in [0.25, 0.3) is 0 Å². The molecule has 0 aromatic heterocycles. The van der Waals surface area contributed by atoms with Gasteiger partial charge < -0.3 is 4.90 Å². The van der Waals surface area contributed by atoms with Crippen LogP contribution in [0.4, 0.5) is 0 Å². The van der Waals surface area contributed by atoms with E-state index in [4.69, 9.17) is 11.6 Å². The highest BCUT2D eigenvalue weighted by Gasteiger charge is 2.04. The van der Waals surface area contributed by atoms with Gasteiger partial charge in [0.15, 0.2) is 0 Å². The second kappa shape index (κ2) is 5.81. The van der Waals surface area contributed by atoms with Crippen molar-refractivity contribution in [3.8, 4) is 0 Å². The Bertz CT molecular complexity index is 269. The van der Waals surface area contributed by atoms with Crippen molar-refractivity contribution in [1.29, 1.82) is 0 Å². The van der Waals surface area contributed by atoms with Crippen molar-refractivity contribution in [3.63, 3.8) is 0 Å². The first-order valence-electron chi connectivity index (χ1n) is 4.50. The van der Waals surface area contributed by atoms with Gasteiger partial charge in [0, 0.05) is 25.7 Å². The van der Waals surface area contributed by atoms with Gasteiger partial charge in [-0.25, -0.2) is 0 Å². The third kappa shape index (κ3) is 5.02. The molecule has 4 heteroatoms. The smallest absolute Gasteiger partial charge is 0.223 e. The molecule has 0 N–H and O–H groups in total. The molecular formula is C10H17ClN2O. The summed E-state index contributed by atoms with van der Waals surface area (Å²) in [6, 6.07) is 0.161. The van der Waals surface area contributed by atoms with E-state index in [0.29, 0.717) is 5.17 Å². The molecule has 0 aliphatic rings. The fourth-order valence-electron chi connectivity index (χ4n) is 0.801. The zero-order valence-corrected chi connectivity index (χ0v) is 10.1. The molecule has 0 unspecified atom stereocenters. The molecule has 0 aromatic rings. The van der Waals surface area contributed by atoms with Crippen molar-refractivity contribution in [2.24, 2.45) is 4.99 Å². The Morgan fingerprint density at radius 3 is 2.29 bits per heavy atom. The van der Waals surface area contributed by atoms with Crippen LogP contribution in [-0.2, 0) is 4.79 Å². The van der Waals surface area contributed by atoms with Crippen molar-refractivity contribution >= 4 is 22.7 Å². The van der Waals surface area contributed by atoms with Gasteiger partial charge >= 0.3 is 0 Å². The van der Waals surface area contributed by atoms with Crippen molar-refractivity contribution in [2.45, 2.75) is 33.7 Å². The maximum absolute atomic E-state index is 11.0. The molecule has 0 heterocycles. The van der Waals surface area contributed by atoms with Crippen LogP contribution in [0.1, 0.15) is 27.7 Å². The Balaban J connectivity index is 4.59. The summed E-state index contributed by atoms with van der Waals surface area (Å²) in [6.45, 7) is 7.21. The second-order valence-electron chi connectivity index (χ2n) is 3.41. The van der Waals surface area contributed by atoms with Gasteiger partial charge in [-0.05, 0) is 26.8 Å². The van der Waals surface area contributed by atoms with Crippen molar-refractivity contribution in [1.82, 2.24) is 4.90 Å². The van der Waals surface area contributed by atoms with Crippen LogP contribution in [-0.4, -0.2) is 29.1 Å². The molecule has 0 aliphatic heterocycles. The van der Waals surface area contributed by atoms with Gasteiger partial charge in [0.05, 0.1) is 0 Å². The first-order valence-corrected chi connectivity index (χ1v) is 4.88. The Hall–Kier alpha value is -0.830. The number of allylic oxidation sites excluding steroid dienone is 2. The molecule has 0 radical (unpaired) electrons. The molecule has 0 rings (SSSR count). The zero-order chi connectivity index (χ0) is 11.3. The monoisotopic (exact) mass is 216 g/mol. The van der Waals surface area contributed by atoms with E-state index in [1.54, 1.807) is 13.1 Å². The predicted molar refractivity (Wildman–Crippen MR) is 60.6 cm³/mol. The van der Waals surface area contributed by atoms with E-state index in [9.17, 15) is 4.79 Å². The Kier molecular flexibility index (Phi) is 5.46. The maximum atomic E-state index is 11.0. The van der Waals surface area contributed by atoms with Crippen molar-refractivity contribution in [3.05, 3.63) is 11.8 Å². The number of hydrogen-bond donors (Lipinski definition) is 0. The van der Waals surface area contributed by atoms with Crippen molar-refractivity contribution < 1.29 is 4.79 Å². The molecule has 0 spiro atoms. The third-order valence-corrected chi connectivity index (χ3v) is 1.92. The highest BCUT2D eigenvalue weighted by atomic mass is 35.5. The van der Waals surface area contributed by atoms with Crippen LogP contribution in [0.2, 0.25) is 0 Å². The zero-order valence-electron chi connectivity index (χ0n) is 9.34. The summed E-state index contributed by atoms with van der Waals surface area (Å²) in [7, 11) is 1.70. The summed E-state index contributed by atoms with van der Waals surface area (Å²) in [5, 5.41) is 0.422. The minimum absolute atomic E-state index is 0.0206. The van der Waals surface area contributed by atoms with Gasteiger partial charge in [-0.1, -0.05) is 11.6 Å². The lowest BCUT2D eigenvalue weighted by Gasteiger charge is -2.14. The van der Waals surface area contributed by atoms with E-state index >= 15 is 0 Å². The molecule has 0 fully saturated rings. The standard InChI is InChI=1S/C10H17ClN2O/c1-7(2)12-10(11)6-8(3)13(5)9(4)14/h6-7H,1-5H3/b8-6+,12-10?. The quantitative estimate of drug-likeness (QED) is 0.667. The normalized spacial score (nSPS) is 13.4. The van der Waals surface area contributed by atoms with E-state index in [1.807, 2.05) is 20.8 Å². The second-order valence-corrected chi connectivity index (χ2v) is 3.80. The minimum atomic E-state index is -0.0206. The molecular weight excluding hydrogens is 200 g/mol. The Morgan fingerprint density at radius 2 is 1.93 bits per heavy atom. The van der Waals surface area contributed by atoms with E-state index in [-0.39, 0.29) is 11.9 Å². The molecule has 0 aliphatic carbocycles. The Labute approximate surface area is 90.5 Å². The summed E-state index contributed by atoms with van der Waals surface area (Å²) >= 11 is 5.86. The maximum Gasteiger partial charge on any atom is 0.223 e. The number of rotatable bonds is 3. The molecule has 14 heavy (non-hydrogen) atoms. The number of carbonyl (C=O) groups excluding carboxylic acids is 1. The van der Waals surface area contributed by atoms with Crippen LogP contribution in [0.3, 0.4) is 0 Å². The molecule has 0 saturated heterocycles. The SMILES string of the molecule is CC(=O)N(C)/C(C)=C/C(Cl)=NC(C)C. The van der Waals surface area contributed by atoms with E-state index in [1.165, 1.54) is 11.8 Å². The third-order valence-electron chi connectivity index (χ3n) is 1.71. The number of carbonyl (C=O) groups is 1. The highest BCUT2D eigenvalue weighted by Crippen LogP contribution is 2.04. The summed E-state index contributed by atoms with van der Waals surface area (Å²) in [5.41, 5.74) is 0.784. The van der Waals surface area contributed by atoms with Gasteiger partial charge in [-0.15, -0.1) is 0 Å². The fourth-order valence-corrected chi connectivity index (χ4v) is 1.15. The lowest BCUT2D eigenvalue weighted by atomic mass is 10.4. The molecule has 3 nitrogen and oxygen atoms in total. The number of aliphatic imine (C=N–C) groups is 1. The Morgan fingerprint density at radius 1 is 1.43 bits per heavy atom. The van der Waals surface area contributed by atoms with Gasteiger partial charge in [0.1, 0.15) is 5.17 Å². The number of amides is 1. The largest absolute Gasteiger partial charge is 0.320 e. The van der Waals surface area contributed by atoms with Gasteiger partial charge in [0.2, 0.25) is 5.91 Å². The number of halogens is 1. The molecule has 0 aromatic carbocycles. The highest BCUT2D eigenvalue weighted by molar-refractivity contribution is 6.68. The first-order chi connectivity index (χ1) is 6.34. The van der Waals surface area contributed by atoms with Crippen molar-refractivity contribution in [2.75, 3.05) is 7.05 Å². The van der Waals surface area contributed by atoms with Gasteiger partial charge in [-0.2, -0.15) is 0 Å². The van der Waals surface area contributed by atoms with Crippen LogP contribution >= 0.6 is 11.6 Å². The predicted octanol–water partition coefficient (Wildman–Crippen LogP) is 2.41. The minimum Gasteiger partial charge on any atom is -0.320 e. The van der Waals surface area contributed by atoms with Crippen LogP contribution in [0.5, 0.6) is 0 Å². The lowest BCUT2D eigenvalue weighted by Crippen LogP contribution is -2.21. The average molecular weight is 217 g/mol. The fraction of sp³-hybridized carbons (Fsp3) is 0.600. The molecule has 0 atom stereocenters. The number of nitrogens with zero attached hydrogens (tertiary/aromatic N) is 2. The summed E-state index contributed by atoms with van der Waals surface area (Å²) < 4.78 is 0.